The molecule has 1 saturated heterocycles. The first-order valence-corrected chi connectivity index (χ1v) is 4.51. The maximum absolute atomic E-state index is 8.81. The third-order valence-electron chi connectivity index (χ3n) is 2.52. The predicted molar refractivity (Wildman–Crippen MR) is 44.5 cm³/mol. The van der Waals surface area contributed by atoms with Crippen LogP contribution in [0.5, 0.6) is 0 Å². The fourth-order valence-corrected chi connectivity index (χ4v) is 1.59. The Labute approximate surface area is 68.6 Å². The lowest BCUT2D eigenvalue weighted by Crippen LogP contribution is -2.43. The van der Waals surface area contributed by atoms with Crippen molar-refractivity contribution in [2.75, 3.05) is 19.8 Å². The molecule has 0 amide bonds. The van der Waals surface area contributed by atoms with Crippen molar-refractivity contribution in [3.05, 3.63) is 0 Å². The van der Waals surface area contributed by atoms with Crippen molar-refractivity contribution in [3.63, 3.8) is 0 Å². The van der Waals surface area contributed by atoms with Crippen molar-refractivity contribution in [1.82, 2.24) is 0 Å². The molecule has 1 fully saturated rings. The Morgan fingerprint density at radius 3 is 2.45 bits per heavy atom. The summed E-state index contributed by atoms with van der Waals surface area (Å²) in [7, 11) is 0. The van der Waals surface area contributed by atoms with Crippen LogP contribution in [0.2, 0.25) is 0 Å². The van der Waals surface area contributed by atoms with Crippen molar-refractivity contribution < 1.29 is 9.84 Å². The Balaban J connectivity index is 2.22. The standard InChI is InChI=1S/C9H18O2/c1-2-3-4-9(5-6-10)7-11-8-9/h10H,2-8H2,1H3. The van der Waals surface area contributed by atoms with Gasteiger partial charge in [0.1, 0.15) is 0 Å². The predicted octanol–water partition coefficient (Wildman–Crippen LogP) is 1.58. The van der Waals surface area contributed by atoms with E-state index in [1.165, 1.54) is 19.3 Å². The van der Waals surface area contributed by atoms with Crippen molar-refractivity contribution in [1.29, 1.82) is 0 Å². The lowest BCUT2D eigenvalue weighted by atomic mass is 9.78. The first-order chi connectivity index (χ1) is 5.33. The van der Waals surface area contributed by atoms with E-state index in [0.29, 0.717) is 12.0 Å². The highest BCUT2D eigenvalue weighted by Crippen LogP contribution is 2.36. The van der Waals surface area contributed by atoms with Crippen LogP contribution < -0.4 is 0 Å². The second kappa shape index (κ2) is 4.07. The summed E-state index contributed by atoms with van der Waals surface area (Å²) >= 11 is 0. The average Bonchev–Trinajstić information content (AvgIpc) is 1.95. The van der Waals surface area contributed by atoms with E-state index in [4.69, 9.17) is 9.84 Å². The van der Waals surface area contributed by atoms with Gasteiger partial charge in [0.05, 0.1) is 13.2 Å². The number of unbranched alkanes of at least 4 members (excludes halogenated alkanes) is 1. The molecule has 66 valence electrons. The number of rotatable bonds is 5. The SMILES string of the molecule is CCCCC1(CCO)COC1. The van der Waals surface area contributed by atoms with Crippen molar-refractivity contribution in [3.8, 4) is 0 Å². The van der Waals surface area contributed by atoms with Crippen LogP contribution in [-0.2, 0) is 4.74 Å². The molecule has 0 spiro atoms. The monoisotopic (exact) mass is 158 g/mol. The van der Waals surface area contributed by atoms with E-state index in [9.17, 15) is 0 Å². The summed E-state index contributed by atoms with van der Waals surface area (Å²) in [5.74, 6) is 0. The smallest absolute Gasteiger partial charge is 0.0545 e. The highest BCUT2D eigenvalue weighted by atomic mass is 16.5. The molecule has 2 nitrogen and oxygen atoms in total. The van der Waals surface area contributed by atoms with Crippen LogP contribution in [0.1, 0.15) is 32.6 Å². The minimum Gasteiger partial charge on any atom is -0.396 e. The first kappa shape index (κ1) is 9.01. The Bertz CT molecular complexity index is 108. The molecule has 0 bridgehead atoms. The van der Waals surface area contributed by atoms with Gasteiger partial charge in [0, 0.05) is 12.0 Å². The van der Waals surface area contributed by atoms with E-state index in [1.807, 2.05) is 0 Å². The Kier molecular flexibility index (Phi) is 3.34. The zero-order chi connectivity index (χ0) is 8.16. The molecule has 0 atom stereocenters. The van der Waals surface area contributed by atoms with Crippen LogP contribution in [0.4, 0.5) is 0 Å². The van der Waals surface area contributed by atoms with Gasteiger partial charge in [0.15, 0.2) is 0 Å². The Morgan fingerprint density at radius 2 is 2.09 bits per heavy atom. The summed E-state index contributed by atoms with van der Waals surface area (Å²) in [6, 6.07) is 0. The first-order valence-electron chi connectivity index (χ1n) is 4.51. The molecule has 11 heavy (non-hydrogen) atoms. The lowest BCUT2D eigenvalue weighted by molar-refractivity contribution is -0.127. The van der Waals surface area contributed by atoms with Gasteiger partial charge in [0.25, 0.3) is 0 Å². The van der Waals surface area contributed by atoms with E-state index in [2.05, 4.69) is 6.92 Å². The number of hydrogen-bond donors (Lipinski definition) is 1. The third kappa shape index (κ3) is 2.17. The fourth-order valence-electron chi connectivity index (χ4n) is 1.59. The topological polar surface area (TPSA) is 29.5 Å². The van der Waals surface area contributed by atoms with Crippen LogP contribution in [0.3, 0.4) is 0 Å². The molecular weight excluding hydrogens is 140 g/mol. The van der Waals surface area contributed by atoms with E-state index >= 15 is 0 Å². The molecule has 1 heterocycles. The third-order valence-corrected chi connectivity index (χ3v) is 2.52. The largest absolute Gasteiger partial charge is 0.396 e. The highest BCUT2D eigenvalue weighted by Gasteiger charge is 2.36. The second-order valence-corrected chi connectivity index (χ2v) is 3.57. The number of hydrogen-bond acceptors (Lipinski definition) is 2. The molecular formula is C9H18O2. The summed E-state index contributed by atoms with van der Waals surface area (Å²) in [6.45, 7) is 4.25. The molecule has 1 rings (SSSR count). The van der Waals surface area contributed by atoms with E-state index in [-0.39, 0.29) is 0 Å². The Morgan fingerprint density at radius 1 is 1.36 bits per heavy atom. The summed E-state index contributed by atoms with van der Waals surface area (Å²) in [5, 5.41) is 8.81. The lowest BCUT2D eigenvalue weighted by Gasteiger charge is -2.41. The molecule has 1 aliphatic rings. The summed E-state index contributed by atoms with van der Waals surface area (Å²) in [4.78, 5) is 0. The number of aliphatic hydroxyl groups excluding tert-OH is 1. The van der Waals surface area contributed by atoms with Gasteiger partial charge in [-0.3, -0.25) is 0 Å². The minimum absolute atomic E-state index is 0.313. The van der Waals surface area contributed by atoms with Gasteiger partial charge < -0.3 is 9.84 Å². The van der Waals surface area contributed by atoms with Gasteiger partial charge in [-0.05, 0) is 12.8 Å². The quantitative estimate of drug-likeness (QED) is 0.658. The number of aliphatic hydroxyl groups is 1. The summed E-state index contributed by atoms with van der Waals surface area (Å²) < 4.78 is 5.18. The molecule has 0 radical (unpaired) electrons. The van der Waals surface area contributed by atoms with Crippen LogP contribution in [0, 0.1) is 5.41 Å². The maximum atomic E-state index is 8.81. The van der Waals surface area contributed by atoms with Crippen molar-refractivity contribution >= 4 is 0 Å². The molecule has 2 heteroatoms. The zero-order valence-corrected chi connectivity index (χ0v) is 7.31. The molecule has 0 aromatic carbocycles. The van der Waals surface area contributed by atoms with E-state index in [1.54, 1.807) is 0 Å². The van der Waals surface area contributed by atoms with E-state index in [0.717, 1.165) is 19.6 Å². The number of ether oxygens (including phenoxy) is 1. The minimum atomic E-state index is 0.313. The maximum Gasteiger partial charge on any atom is 0.0545 e. The van der Waals surface area contributed by atoms with Crippen molar-refractivity contribution in [2.24, 2.45) is 5.41 Å². The van der Waals surface area contributed by atoms with Crippen LogP contribution in [0.25, 0.3) is 0 Å². The highest BCUT2D eigenvalue weighted by molar-refractivity contribution is 4.84. The molecule has 0 aliphatic carbocycles. The van der Waals surface area contributed by atoms with Gasteiger partial charge in [-0.2, -0.15) is 0 Å². The van der Waals surface area contributed by atoms with Crippen LogP contribution >= 0.6 is 0 Å². The molecule has 0 saturated carbocycles. The molecule has 1 N–H and O–H groups in total. The zero-order valence-electron chi connectivity index (χ0n) is 7.31. The average molecular weight is 158 g/mol. The van der Waals surface area contributed by atoms with Gasteiger partial charge in [-0.1, -0.05) is 19.8 Å². The van der Waals surface area contributed by atoms with Gasteiger partial charge >= 0.3 is 0 Å². The normalized spacial score (nSPS) is 21.3. The Hall–Kier alpha value is -0.0800. The fraction of sp³-hybridized carbons (Fsp3) is 1.00. The van der Waals surface area contributed by atoms with Gasteiger partial charge in [-0.15, -0.1) is 0 Å². The van der Waals surface area contributed by atoms with Gasteiger partial charge in [-0.25, -0.2) is 0 Å². The summed E-state index contributed by atoms with van der Waals surface area (Å²) in [6.07, 6.45) is 4.66. The molecule has 0 unspecified atom stereocenters. The van der Waals surface area contributed by atoms with Crippen molar-refractivity contribution in [2.45, 2.75) is 32.6 Å². The summed E-state index contributed by atoms with van der Waals surface area (Å²) in [5.41, 5.74) is 0.352. The van der Waals surface area contributed by atoms with Gasteiger partial charge in [0.2, 0.25) is 0 Å². The van der Waals surface area contributed by atoms with Crippen LogP contribution in [0.15, 0.2) is 0 Å². The van der Waals surface area contributed by atoms with E-state index < -0.39 is 0 Å². The van der Waals surface area contributed by atoms with Crippen LogP contribution in [-0.4, -0.2) is 24.9 Å². The second-order valence-electron chi connectivity index (χ2n) is 3.57. The molecule has 0 aromatic heterocycles. The molecule has 1 aliphatic heterocycles. The molecule has 0 aromatic rings.